The first-order valence-corrected chi connectivity index (χ1v) is 8.92. The Bertz CT molecular complexity index is 576. The van der Waals surface area contributed by atoms with E-state index in [0.717, 1.165) is 25.3 Å². The molecule has 124 valence electrons. The van der Waals surface area contributed by atoms with E-state index in [4.69, 9.17) is 4.74 Å². The maximum Gasteiger partial charge on any atom is 0.410 e. The Hall–Kier alpha value is -1.55. The van der Waals surface area contributed by atoms with Crippen LogP contribution >= 0.6 is 0 Å². The number of benzene rings is 1. The first-order valence-electron chi connectivity index (χ1n) is 8.92. The summed E-state index contributed by atoms with van der Waals surface area (Å²) in [4.78, 5) is 17.1. The van der Waals surface area contributed by atoms with E-state index < -0.39 is 0 Å². The molecule has 1 amide bonds. The van der Waals surface area contributed by atoms with Crippen LogP contribution in [0, 0.1) is 11.8 Å². The first kappa shape index (κ1) is 15.0. The lowest BCUT2D eigenvalue weighted by Gasteiger charge is -2.46. The van der Waals surface area contributed by atoms with Gasteiger partial charge in [0.1, 0.15) is 0 Å². The third-order valence-corrected chi connectivity index (χ3v) is 6.03. The molecular formula is C19H26N2O2. The lowest BCUT2D eigenvalue weighted by Crippen LogP contribution is -2.57. The average Bonchev–Trinajstić information content (AvgIpc) is 2.65. The number of likely N-dealkylation sites (tertiary alicyclic amines) is 1. The van der Waals surface area contributed by atoms with Crippen molar-refractivity contribution >= 4 is 6.09 Å². The van der Waals surface area contributed by atoms with Gasteiger partial charge in [-0.25, -0.2) is 4.79 Å². The van der Waals surface area contributed by atoms with Gasteiger partial charge < -0.3 is 9.64 Å². The normalized spacial score (nSPS) is 35.6. The van der Waals surface area contributed by atoms with Crippen molar-refractivity contribution in [2.24, 2.45) is 11.8 Å². The fourth-order valence-corrected chi connectivity index (χ4v) is 5.24. The summed E-state index contributed by atoms with van der Waals surface area (Å²) in [5, 5.41) is 0. The zero-order chi connectivity index (χ0) is 16.0. The predicted octanol–water partition coefficient (Wildman–Crippen LogP) is 3.13. The molecule has 3 bridgehead atoms. The molecule has 23 heavy (non-hydrogen) atoms. The van der Waals surface area contributed by atoms with E-state index in [0.29, 0.717) is 30.7 Å². The van der Waals surface area contributed by atoms with Gasteiger partial charge in [-0.05, 0) is 37.2 Å². The highest BCUT2D eigenvalue weighted by Crippen LogP contribution is 2.48. The van der Waals surface area contributed by atoms with Crippen LogP contribution in [-0.4, -0.2) is 47.2 Å². The second-order valence-electron chi connectivity index (χ2n) is 7.34. The van der Waals surface area contributed by atoms with Gasteiger partial charge in [0, 0.05) is 25.2 Å². The summed E-state index contributed by atoms with van der Waals surface area (Å²) in [5.41, 5.74) is 1.37. The van der Waals surface area contributed by atoms with Gasteiger partial charge in [-0.1, -0.05) is 37.3 Å². The number of rotatable bonds is 3. The number of hydrogen-bond acceptors (Lipinski definition) is 3. The number of fused-ring (bicyclic) bond motifs is 2. The van der Waals surface area contributed by atoms with Gasteiger partial charge in [0.15, 0.2) is 0 Å². The molecule has 0 aliphatic carbocycles. The Morgan fingerprint density at radius 3 is 2.70 bits per heavy atom. The van der Waals surface area contributed by atoms with E-state index in [9.17, 15) is 4.79 Å². The average molecular weight is 314 g/mol. The molecule has 4 nitrogen and oxygen atoms in total. The van der Waals surface area contributed by atoms with Crippen molar-refractivity contribution in [3.63, 3.8) is 0 Å². The lowest BCUT2D eigenvalue weighted by molar-refractivity contribution is 0.00922. The molecule has 1 aromatic rings. The Labute approximate surface area is 138 Å². The van der Waals surface area contributed by atoms with Crippen molar-refractivity contribution in [3.05, 3.63) is 35.9 Å². The smallest absolute Gasteiger partial charge is 0.410 e. The maximum absolute atomic E-state index is 12.4. The molecule has 0 spiro atoms. The molecule has 0 aromatic heterocycles. The van der Waals surface area contributed by atoms with Gasteiger partial charge in [-0.2, -0.15) is 0 Å². The summed E-state index contributed by atoms with van der Waals surface area (Å²) in [6.45, 7) is 6.85. The van der Waals surface area contributed by atoms with E-state index in [-0.39, 0.29) is 6.09 Å². The van der Waals surface area contributed by atoms with Crippen LogP contribution in [0.5, 0.6) is 0 Å². The molecule has 3 fully saturated rings. The Morgan fingerprint density at radius 2 is 1.96 bits per heavy atom. The third-order valence-electron chi connectivity index (χ3n) is 6.03. The summed E-state index contributed by atoms with van der Waals surface area (Å²) in [6, 6.07) is 11.9. The van der Waals surface area contributed by atoms with Crippen molar-refractivity contribution in [2.45, 2.75) is 51.4 Å². The molecule has 1 aromatic carbocycles. The second kappa shape index (κ2) is 5.82. The number of carbonyl (C=O) groups is 1. The van der Waals surface area contributed by atoms with Crippen LogP contribution in [0.2, 0.25) is 0 Å². The molecule has 0 radical (unpaired) electrons. The van der Waals surface area contributed by atoms with E-state index >= 15 is 0 Å². The topological polar surface area (TPSA) is 32.8 Å². The first-order chi connectivity index (χ1) is 11.2. The lowest BCUT2D eigenvalue weighted by atomic mass is 9.86. The Balaban J connectivity index is 1.58. The van der Waals surface area contributed by atoms with Crippen molar-refractivity contribution in [2.75, 3.05) is 13.2 Å². The SMILES string of the molecule is CCOC(=O)N1C2CC3CC1[C@H](C)C2N(Cc1ccccc1)C3. The van der Waals surface area contributed by atoms with Crippen LogP contribution in [0.3, 0.4) is 0 Å². The molecule has 5 atom stereocenters. The van der Waals surface area contributed by atoms with Crippen molar-refractivity contribution < 1.29 is 9.53 Å². The van der Waals surface area contributed by atoms with Gasteiger partial charge in [0.25, 0.3) is 0 Å². The summed E-state index contributed by atoms with van der Waals surface area (Å²) in [6.07, 6.45) is 2.19. The molecule has 4 unspecified atom stereocenters. The Kier molecular flexibility index (Phi) is 3.80. The number of carbonyl (C=O) groups excluding carboxylic acids is 1. The van der Waals surface area contributed by atoms with Crippen LogP contribution in [0.15, 0.2) is 30.3 Å². The van der Waals surface area contributed by atoms with Gasteiger partial charge in [-0.15, -0.1) is 0 Å². The molecule has 4 rings (SSSR count). The van der Waals surface area contributed by atoms with Crippen molar-refractivity contribution in [1.29, 1.82) is 0 Å². The van der Waals surface area contributed by atoms with Crippen molar-refractivity contribution in [1.82, 2.24) is 9.80 Å². The molecule has 3 aliphatic heterocycles. The third kappa shape index (κ3) is 2.44. The highest BCUT2D eigenvalue weighted by atomic mass is 16.6. The van der Waals surface area contributed by atoms with Gasteiger partial charge in [0.2, 0.25) is 0 Å². The highest BCUT2D eigenvalue weighted by molar-refractivity contribution is 5.69. The predicted molar refractivity (Wildman–Crippen MR) is 89.0 cm³/mol. The van der Waals surface area contributed by atoms with Crippen molar-refractivity contribution in [3.8, 4) is 0 Å². The van der Waals surface area contributed by atoms with Crippen LogP contribution < -0.4 is 0 Å². The monoisotopic (exact) mass is 314 g/mol. The van der Waals surface area contributed by atoms with E-state index in [2.05, 4.69) is 47.1 Å². The molecular weight excluding hydrogens is 288 g/mol. The molecule has 3 saturated heterocycles. The van der Waals surface area contributed by atoms with Crippen LogP contribution in [-0.2, 0) is 11.3 Å². The maximum atomic E-state index is 12.4. The highest BCUT2D eigenvalue weighted by Gasteiger charge is 2.58. The molecule has 0 N–H and O–H groups in total. The summed E-state index contributed by atoms with van der Waals surface area (Å²) < 4.78 is 5.34. The fourth-order valence-electron chi connectivity index (χ4n) is 5.24. The van der Waals surface area contributed by atoms with E-state index in [1.54, 1.807) is 0 Å². The minimum absolute atomic E-state index is 0.100. The molecule has 4 heteroatoms. The van der Waals surface area contributed by atoms with Gasteiger partial charge >= 0.3 is 6.09 Å². The molecule has 3 heterocycles. The number of ether oxygens (including phenoxy) is 1. The minimum Gasteiger partial charge on any atom is -0.450 e. The number of nitrogens with zero attached hydrogens (tertiary/aromatic N) is 2. The number of amides is 1. The van der Waals surface area contributed by atoms with Gasteiger partial charge in [-0.3, -0.25) is 4.90 Å². The quantitative estimate of drug-likeness (QED) is 0.859. The summed E-state index contributed by atoms with van der Waals surface area (Å²) in [5.74, 6) is 1.25. The minimum atomic E-state index is -0.100. The molecule has 0 saturated carbocycles. The largest absolute Gasteiger partial charge is 0.450 e. The zero-order valence-electron chi connectivity index (χ0n) is 14.0. The summed E-state index contributed by atoms with van der Waals surface area (Å²) in [7, 11) is 0. The van der Waals surface area contributed by atoms with E-state index in [1.807, 2.05) is 6.92 Å². The summed E-state index contributed by atoms with van der Waals surface area (Å²) >= 11 is 0. The molecule has 3 aliphatic rings. The standard InChI is InChI=1S/C19H26N2O2/c1-3-23-19(22)21-16-9-15-10-17(21)18(13(16)2)20(12-15)11-14-7-5-4-6-8-14/h4-8,13,15-18H,3,9-12H2,1-2H3/t13-,15?,16?,17?,18?/m0/s1. The van der Waals surface area contributed by atoms with Crippen LogP contribution in [0.25, 0.3) is 0 Å². The van der Waals surface area contributed by atoms with Gasteiger partial charge in [0.05, 0.1) is 12.6 Å². The fraction of sp³-hybridized carbons (Fsp3) is 0.632. The van der Waals surface area contributed by atoms with Crippen LogP contribution in [0.4, 0.5) is 4.79 Å². The Morgan fingerprint density at radius 1 is 1.22 bits per heavy atom. The number of hydrogen-bond donors (Lipinski definition) is 0. The second-order valence-corrected chi connectivity index (χ2v) is 7.34. The number of piperidine rings is 2. The van der Waals surface area contributed by atoms with Crippen LogP contribution in [0.1, 0.15) is 32.3 Å². The zero-order valence-corrected chi connectivity index (χ0v) is 14.0. The van der Waals surface area contributed by atoms with E-state index in [1.165, 1.54) is 12.1 Å².